The Kier molecular flexibility index (Phi) is 8.45. The second-order valence-electron chi connectivity index (χ2n) is 7.13. The number of hydrogen-bond donors (Lipinski definition) is 1. The van der Waals surface area contributed by atoms with Crippen molar-refractivity contribution in [2.24, 2.45) is 0 Å². The van der Waals surface area contributed by atoms with Gasteiger partial charge < -0.3 is 15.0 Å². The third kappa shape index (κ3) is 6.70. The SMILES string of the molecule is CCCCCCCCCCNC(=O)CN1CC(=O)Oc2ccc(C)cc21. The Morgan fingerprint density at radius 1 is 1.12 bits per heavy atom. The van der Waals surface area contributed by atoms with Crippen molar-refractivity contribution in [2.45, 2.75) is 65.2 Å². The van der Waals surface area contributed by atoms with E-state index in [2.05, 4.69) is 12.2 Å². The number of anilines is 1. The van der Waals surface area contributed by atoms with Crippen LogP contribution in [0.1, 0.15) is 63.9 Å². The molecule has 1 N–H and O–H groups in total. The zero-order valence-corrected chi connectivity index (χ0v) is 16.2. The summed E-state index contributed by atoms with van der Waals surface area (Å²) in [5.74, 6) is 0.162. The van der Waals surface area contributed by atoms with E-state index in [-0.39, 0.29) is 25.0 Å². The van der Waals surface area contributed by atoms with Gasteiger partial charge in [0, 0.05) is 6.54 Å². The lowest BCUT2D eigenvalue weighted by Gasteiger charge is -2.29. The lowest BCUT2D eigenvalue weighted by molar-refractivity contribution is -0.133. The van der Waals surface area contributed by atoms with Crippen LogP contribution >= 0.6 is 0 Å². The molecule has 1 heterocycles. The fourth-order valence-corrected chi connectivity index (χ4v) is 3.21. The highest BCUT2D eigenvalue weighted by Gasteiger charge is 2.25. The van der Waals surface area contributed by atoms with E-state index in [0.717, 1.165) is 24.1 Å². The van der Waals surface area contributed by atoms with Crippen LogP contribution in [0.25, 0.3) is 0 Å². The molecule has 0 atom stereocenters. The van der Waals surface area contributed by atoms with Crippen molar-refractivity contribution >= 4 is 17.6 Å². The predicted molar refractivity (Wildman–Crippen MR) is 105 cm³/mol. The van der Waals surface area contributed by atoms with E-state index in [1.54, 1.807) is 11.0 Å². The van der Waals surface area contributed by atoms with Crippen molar-refractivity contribution < 1.29 is 14.3 Å². The molecule has 0 unspecified atom stereocenters. The molecule has 0 fully saturated rings. The van der Waals surface area contributed by atoms with Crippen LogP contribution in [-0.4, -0.2) is 31.5 Å². The number of rotatable bonds is 11. The van der Waals surface area contributed by atoms with Crippen LogP contribution in [0, 0.1) is 6.92 Å². The molecule has 0 bridgehead atoms. The van der Waals surface area contributed by atoms with Crippen molar-refractivity contribution in [3.63, 3.8) is 0 Å². The first-order valence-electron chi connectivity index (χ1n) is 9.93. The van der Waals surface area contributed by atoms with Gasteiger partial charge in [0.05, 0.1) is 12.2 Å². The minimum atomic E-state index is -0.322. The predicted octanol–water partition coefficient (Wildman–Crippen LogP) is 3.98. The Labute approximate surface area is 157 Å². The largest absolute Gasteiger partial charge is 0.423 e. The maximum Gasteiger partial charge on any atom is 0.331 e. The first kappa shape index (κ1) is 20.3. The van der Waals surface area contributed by atoms with Gasteiger partial charge in [-0.1, -0.05) is 57.9 Å². The summed E-state index contributed by atoms with van der Waals surface area (Å²) in [5, 5.41) is 2.97. The minimum absolute atomic E-state index is 0.0462. The Morgan fingerprint density at radius 2 is 1.81 bits per heavy atom. The number of unbranched alkanes of at least 4 members (excludes halogenated alkanes) is 7. The summed E-state index contributed by atoms with van der Waals surface area (Å²) >= 11 is 0. The average molecular weight is 360 g/mol. The van der Waals surface area contributed by atoms with Gasteiger partial charge in [0.2, 0.25) is 5.91 Å². The zero-order chi connectivity index (χ0) is 18.8. The maximum absolute atomic E-state index is 12.2. The molecular formula is C21H32N2O3. The van der Waals surface area contributed by atoms with E-state index in [0.29, 0.717) is 12.3 Å². The topological polar surface area (TPSA) is 58.6 Å². The van der Waals surface area contributed by atoms with Crippen LogP contribution in [0.5, 0.6) is 5.75 Å². The summed E-state index contributed by atoms with van der Waals surface area (Å²) in [5.41, 5.74) is 1.89. The molecule has 1 amide bonds. The number of nitrogens with zero attached hydrogens (tertiary/aromatic N) is 1. The molecule has 0 aliphatic carbocycles. The molecular weight excluding hydrogens is 328 g/mol. The van der Waals surface area contributed by atoms with E-state index < -0.39 is 0 Å². The molecule has 5 heteroatoms. The van der Waals surface area contributed by atoms with Crippen LogP contribution in [0.15, 0.2) is 18.2 Å². The Balaban J connectivity index is 1.67. The van der Waals surface area contributed by atoms with Crippen LogP contribution in [-0.2, 0) is 9.59 Å². The number of esters is 1. The molecule has 0 saturated carbocycles. The van der Waals surface area contributed by atoms with Crippen molar-refractivity contribution in [3.8, 4) is 5.75 Å². The van der Waals surface area contributed by atoms with Gasteiger partial charge in [-0.2, -0.15) is 0 Å². The Bertz CT molecular complexity index is 601. The van der Waals surface area contributed by atoms with Gasteiger partial charge in [0.15, 0.2) is 5.75 Å². The molecule has 0 radical (unpaired) electrons. The highest BCUT2D eigenvalue weighted by molar-refractivity contribution is 5.89. The molecule has 144 valence electrons. The fourth-order valence-electron chi connectivity index (χ4n) is 3.21. The third-order valence-electron chi connectivity index (χ3n) is 4.69. The van der Waals surface area contributed by atoms with Crippen LogP contribution in [0.3, 0.4) is 0 Å². The summed E-state index contributed by atoms with van der Waals surface area (Å²) in [6.45, 7) is 5.21. The first-order valence-corrected chi connectivity index (χ1v) is 9.93. The van der Waals surface area contributed by atoms with Crippen LogP contribution in [0.2, 0.25) is 0 Å². The summed E-state index contributed by atoms with van der Waals surface area (Å²) in [7, 11) is 0. The van der Waals surface area contributed by atoms with E-state index in [1.165, 1.54) is 38.5 Å². The van der Waals surface area contributed by atoms with Crippen molar-refractivity contribution in [3.05, 3.63) is 23.8 Å². The van der Waals surface area contributed by atoms with Crippen LogP contribution < -0.4 is 15.0 Å². The fraction of sp³-hybridized carbons (Fsp3) is 0.619. The van der Waals surface area contributed by atoms with Crippen molar-refractivity contribution in [2.75, 3.05) is 24.5 Å². The molecule has 1 aromatic rings. The number of carbonyl (C=O) groups excluding carboxylic acids is 2. The van der Waals surface area contributed by atoms with Gasteiger partial charge in [0.1, 0.15) is 6.54 Å². The number of amides is 1. The maximum atomic E-state index is 12.2. The molecule has 2 rings (SSSR count). The number of carbonyl (C=O) groups is 2. The number of fused-ring (bicyclic) bond motifs is 1. The average Bonchev–Trinajstić information content (AvgIpc) is 2.61. The minimum Gasteiger partial charge on any atom is -0.423 e. The Morgan fingerprint density at radius 3 is 2.54 bits per heavy atom. The molecule has 0 aromatic heterocycles. The first-order chi connectivity index (χ1) is 12.6. The number of hydrogen-bond acceptors (Lipinski definition) is 4. The number of benzene rings is 1. The van der Waals surface area contributed by atoms with Gasteiger partial charge in [-0.3, -0.25) is 4.79 Å². The summed E-state index contributed by atoms with van der Waals surface area (Å²) < 4.78 is 5.25. The second kappa shape index (κ2) is 10.8. The standard InChI is InChI=1S/C21H32N2O3/c1-3-4-5-6-7-8-9-10-13-22-20(24)15-23-16-21(25)26-19-12-11-17(2)14-18(19)23/h11-12,14H,3-10,13,15-16H2,1-2H3,(H,22,24). The van der Waals surface area contributed by atoms with Crippen molar-refractivity contribution in [1.82, 2.24) is 5.32 Å². The summed E-state index contributed by atoms with van der Waals surface area (Å²) in [4.78, 5) is 25.7. The second-order valence-corrected chi connectivity index (χ2v) is 7.13. The third-order valence-corrected chi connectivity index (χ3v) is 4.69. The normalized spacial score (nSPS) is 13.3. The van der Waals surface area contributed by atoms with E-state index >= 15 is 0 Å². The molecule has 1 aromatic carbocycles. The number of aryl methyl sites for hydroxylation is 1. The Hall–Kier alpha value is -2.04. The van der Waals surface area contributed by atoms with Gasteiger partial charge in [0.25, 0.3) is 0 Å². The molecule has 0 spiro atoms. The molecule has 5 nitrogen and oxygen atoms in total. The van der Waals surface area contributed by atoms with Gasteiger partial charge in [-0.05, 0) is 31.0 Å². The quantitative estimate of drug-likeness (QED) is 0.368. The van der Waals surface area contributed by atoms with Gasteiger partial charge in [-0.25, -0.2) is 4.79 Å². The zero-order valence-electron chi connectivity index (χ0n) is 16.2. The molecule has 0 saturated heterocycles. The molecule has 1 aliphatic rings. The van der Waals surface area contributed by atoms with E-state index in [9.17, 15) is 9.59 Å². The molecule has 26 heavy (non-hydrogen) atoms. The monoisotopic (exact) mass is 360 g/mol. The van der Waals surface area contributed by atoms with Crippen molar-refractivity contribution in [1.29, 1.82) is 0 Å². The number of ether oxygens (including phenoxy) is 1. The lowest BCUT2D eigenvalue weighted by atomic mass is 10.1. The summed E-state index contributed by atoms with van der Waals surface area (Å²) in [6, 6.07) is 5.64. The highest BCUT2D eigenvalue weighted by atomic mass is 16.5. The lowest BCUT2D eigenvalue weighted by Crippen LogP contribution is -2.43. The van der Waals surface area contributed by atoms with E-state index in [4.69, 9.17) is 4.74 Å². The smallest absolute Gasteiger partial charge is 0.331 e. The van der Waals surface area contributed by atoms with Gasteiger partial charge >= 0.3 is 5.97 Å². The molecule has 1 aliphatic heterocycles. The summed E-state index contributed by atoms with van der Waals surface area (Å²) in [6.07, 6.45) is 9.98. The van der Waals surface area contributed by atoms with Crippen LogP contribution in [0.4, 0.5) is 5.69 Å². The van der Waals surface area contributed by atoms with Gasteiger partial charge in [-0.15, -0.1) is 0 Å². The number of nitrogens with one attached hydrogen (secondary N) is 1. The van der Waals surface area contributed by atoms with E-state index in [1.807, 2.05) is 19.1 Å². The highest BCUT2D eigenvalue weighted by Crippen LogP contribution is 2.32.